The van der Waals surface area contributed by atoms with E-state index in [1.165, 1.54) is 66.4 Å². The van der Waals surface area contributed by atoms with Crippen molar-refractivity contribution in [1.82, 2.24) is 4.57 Å². The summed E-state index contributed by atoms with van der Waals surface area (Å²) in [7, 11) is 0. The highest BCUT2D eigenvalue weighted by Gasteiger charge is 2.45. The number of hydrogen-bond donors (Lipinski definition) is 0. The summed E-state index contributed by atoms with van der Waals surface area (Å²) in [6.07, 6.45) is 7.33. The average Bonchev–Trinajstić information content (AvgIpc) is 3.90. The van der Waals surface area contributed by atoms with Gasteiger partial charge in [-0.05, 0) is 147 Å². The van der Waals surface area contributed by atoms with Crippen LogP contribution in [0.2, 0.25) is 0 Å². The lowest BCUT2D eigenvalue weighted by atomic mass is 9.74. The largest absolute Gasteiger partial charge is 0.311 e. The molecule has 13 rings (SSSR count). The molecule has 72 heavy (non-hydrogen) atoms. The van der Waals surface area contributed by atoms with Crippen LogP contribution in [0.4, 0.5) is 28.4 Å². The van der Waals surface area contributed by atoms with Crippen molar-refractivity contribution in [3.05, 3.63) is 290 Å². The van der Waals surface area contributed by atoms with Crippen molar-refractivity contribution in [3.8, 4) is 39.1 Å². The van der Waals surface area contributed by atoms with E-state index in [1.807, 2.05) is 0 Å². The summed E-state index contributed by atoms with van der Waals surface area (Å²) in [5, 5.41) is 2.44. The van der Waals surface area contributed by atoms with Crippen LogP contribution < -0.4 is 9.80 Å². The lowest BCUT2D eigenvalue weighted by molar-refractivity contribution is 0.393. The van der Waals surface area contributed by atoms with Gasteiger partial charge in [-0.2, -0.15) is 0 Å². The smallest absolute Gasteiger partial charge is 0.0542 e. The van der Waals surface area contributed by atoms with Crippen LogP contribution in [-0.4, -0.2) is 4.57 Å². The van der Waals surface area contributed by atoms with Gasteiger partial charge in [0.2, 0.25) is 0 Å². The van der Waals surface area contributed by atoms with E-state index in [2.05, 4.69) is 301 Å². The Labute approximate surface area is 422 Å². The molecule has 2 aliphatic carbocycles. The molecule has 0 saturated heterocycles. The van der Waals surface area contributed by atoms with Crippen molar-refractivity contribution >= 4 is 50.2 Å². The molecule has 10 aromatic carbocycles. The number of nitrogens with zero attached hydrogens (tertiary/aromatic N) is 3. The maximum atomic E-state index is 2.51. The van der Waals surface area contributed by atoms with E-state index in [1.54, 1.807) is 0 Å². The Bertz CT molecular complexity index is 3790. The predicted molar refractivity (Wildman–Crippen MR) is 303 cm³/mol. The van der Waals surface area contributed by atoms with E-state index in [4.69, 9.17) is 0 Å². The van der Waals surface area contributed by atoms with Gasteiger partial charge in [0.15, 0.2) is 0 Å². The highest BCUT2D eigenvalue weighted by molar-refractivity contribution is 6.10. The topological polar surface area (TPSA) is 11.4 Å². The van der Waals surface area contributed by atoms with Gasteiger partial charge in [-0.15, -0.1) is 0 Å². The lowest BCUT2D eigenvalue weighted by Crippen LogP contribution is -2.27. The lowest BCUT2D eigenvalue weighted by Gasteiger charge is -2.34. The van der Waals surface area contributed by atoms with Crippen molar-refractivity contribution in [1.29, 1.82) is 0 Å². The standard InChI is InChI=1S/C69H53N3/c1-69(2)65-24-14-12-22-61(65)63-46-59(42-44-66(63)69)70(55-34-26-50(27-35-55)48-16-6-3-7-17-48)56-38-30-52(31-39-56)53-32-40-58(41-33-53)71(57-36-28-51(29-37-57)49-18-8-4-9-19-49)60-43-45-68-64(47-60)62-23-13-15-25-67(62)72(68)54-20-10-5-11-21-54/h3-47,63,66H,1-2H3. The molecule has 2 unspecified atom stereocenters. The second-order valence-electron chi connectivity index (χ2n) is 19.8. The molecule has 1 aromatic heterocycles. The van der Waals surface area contributed by atoms with E-state index in [-0.39, 0.29) is 5.41 Å². The highest BCUT2D eigenvalue weighted by Crippen LogP contribution is 2.54. The third-order valence-corrected chi connectivity index (χ3v) is 15.3. The van der Waals surface area contributed by atoms with Gasteiger partial charge in [-0.3, -0.25) is 0 Å². The molecule has 2 aliphatic rings. The molecule has 0 radical (unpaired) electrons. The second kappa shape index (κ2) is 17.8. The molecule has 0 bridgehead atoms. The van der Waals surface area contributed by atoms with Gasteiger partial charge < -0.3 is 14.4 Å². The van der Waals surface area contributed by atoms with Crippen LogP contribution >= 0.6 is 0 Å². The SMILES string of the molecule is CC1(C)c2ccccc2C2C=C(N(c3ccc(-c4ccccc4)cc3)c3ccc(-c4ccc(N(c5ccc(-c6ccccc6)cc5)c5ccc6c(c5)c5ccccc5n6-c5ccccc5)cc4)cc3)C=CC21. The zero-order valence-electron chi connectivity index (χ0n) is 40.5. The normalized spacial score (nSPS) is 15.5. The zero-order valence-corrected chi connectivity index (χ0v) is 40.5. The molecule has 0 saturated carbocycles. The summed E-state index contributed by atoms with van der Waals surface area (Å²) in [6, 6.07) is 92.8. The Morgan fingerprint density at radius 1 is 0.375 bits per heavy atom. The molecule has 3 nitrogen and oxygen atoms in total. The molecule has 0 fully saturated rings. The Morgan fingerprint density at radius 2 is 0.806 bits per heavy atom. The van der Waals surface area contributed by atoms with Crippen molar-refractivity contribution < 1.29 is 0 Å². The van der Waals surface area contributed by atoms with E-state index in [0.717, 1.165) is 39.7 Å². The molecule has 0 N–H and O–H groups in total. The Morgan fingerprint density at radius 3 is 1.36 bits per heavy atom. The maximum absolute atomic E-state index is 2.51. The number of hydrogen-bond acceptors (Lipinski definition) is 2. The van der Waals surface area contributed by atoms with E-state index >= 15 is 0 Å². The fraction of sp³-hybridized carbons (Fsp3) is 0.0725. The molecule has 0 aliphatic heterocycles. The molecule has 3 heteroatoms. The predicted octanol–water partition coefficient (Wildman–Crippen LogP) is 18.5. The number of rotatable bonds is 10. The molecular formula is C69H53N3. The summed E-state index contributed by atoms with van der Waals surface area (Å²) in [5.74, 6) is 0.707. The highest BCUT2D eigenvalue weighted by atomic mass is 15.2. The third-order valence-electron chi connectivity index (χ3n) is 15.3. The number of fused-ring (bicyclic) bond motifs is 6. The molecular weight excluding hydrogens is 871 g/mol. The number of aromatic nitrogens is 1. The van der Waals surface area contributed by atoms with Crippen LogP contribution in [0.5, 0.6) is 0 Å². The number of benzene rings is 10. The molecule has 1 heterocycles. The van der Waals surface area contributed by atoms with Crippen LogP contribution in [0.1, 0.15) is 30.9 Å². The van der Waals surface area contributed by atoms with E-state index in [0.29, 0.717) is 11.8 Å². The Kier molecular flexibility index (Phi) is 10.7. The van der Waals surface area contributed by atoms with Crippen LogP contribution in [0.3, 0.4) is 0 Å². The quantitative estimate of drug-likeness (QED) is 0.135. The summed E-state index contributed by atoms with van der Waals surface area (Å²) in [5.41, 5.74) is 20.3. The number of para-hydroxylation sites is 2. The minimum absolute atomic E-state index is 0.0566. The summed E-state index contributed by atoms with van der Waals surface area (Å²) < 4.78 is 2.38. The van der Waals surface area contributed by atoms with Gasteiger partial charge in [0.05, 0.1) is 11.0 Å². The molecule has 0 spiro atoms. The van der Waals surface area contributed by atoms with Crippen molar-refractivity contribution in [2.45, 2.75) is 25.2 Å². The average molecular weight is 924 g/mol. The van der Waals surface area contributed by atoms with Crippen molar-refractivity contribution in [3.63, 3.8) is 0 Å². The first-order valence-electron chi connectivity index (χ1n) is 25.2. The zero-order chi connectivity index (χ0) is 48.2. The monoisotopic (exact) mass is 923 g/mol. The molecule has 11 aromatic rings. The third kappa shape index (κ3) is 7.53. The van der Waals surface area contributed by atoms with Crippen molar-refractivity contribution in [2.24, 2.45) is 5.92 Å². The first-order chi connectivity index (χ1) is 35.5. The van der Waals surface area contributed by atoms with Gasteiger partial charge in [-0.1, -0.05) is 196 Å². The van der Waals surface area contributed by atoms with Crippen molar-refractivity contribution in [2.75, 3.05) is 9.80 Å². The fourth-order valence-corrected chi connectivity index (χ4v) is 11.7. The van der Waals surface area contributed by atoms with Gasteiger partial charge >= 0.3 is 0 Å². The molecule has 344 valence electrons. The first-order valence-corrected chi connectivity index (χ1v) is 25.2. The minimum Gasteiger partial charge on any atom is -0.311 e. The first kappa shape index (κ1) is 43.1. The van der Waals surface area contributed by atoms with Crippen LogP contribution in [0, 0.1) is 5.92 Å². The number of allylic oxidation sites excluding steroid dienone is 3. The Hall–Kier alpha value is -8.92. The fourth-order valence-electron chi connectivity index (χ4n) is 11.7. The van der Waals surface area contributed by atoms with E-state index < -0.39 is 0 Å². The molecule has 2 atom stereocenters. The summed E-state index contributed by atoms with van der Waals surface area (Å²) in [6.45, 7) is 4.80. The van der Waals surface area contributed by atoms with Gasteiger partial charge in [0, 0.05) is 56.5 Å². The Balaban J connectivity index is 0.864. The summed E-state index contributed by atoms with van der Waals surface area (Å²) >= 11 is 0. The van der Waals surface area contributed by atoms with E-state index in [9.17, 15) is 0 Å². The number of anilines is 5. The van der Waals surface area contributed by atoms with Crippen LogP contribution in [0.25, 0.3) is 60.9 Å². The van der Waals surface area contributed by atoms with Crippen LogP contribution in [0.15, 0.2) is 279 Å². The summed E-state index contributed by atoms with van der Waals surface area (Å²) in [4.78, 5) is 4.81. The van der Waals surface area contributed by atoms with Gasteiger partial charge in [-0.25, -0.2) is 0 Å². The van der Waals surface area contributed by atoms with Gasteiger partial charge in [0.25, 0.3) is 0 Å². The second-order valence-corrected chi connectivity index (χ2v) is 19.8. The van der Waals surface area contributed by atoms with Gasteiger partial charge in [0.1, 0.15) is 0 Å². The molecule has 0 amide bonds. The minimum atomic E-state index is 0.0566. The maximum Gasteiger partial charge on any atom is 0.0542 e. The van der Waals surface area contributed by atoms with Crippen LogP contribution in [-0.2, 0) is 5.41 Å².